The van der Waals surface area contributed by atoms with E-state index < -0.39 is 0 Å². The van der Waals surface area contributed by atoms with Crippen LogP contribution in [-0.4, -0.2) is 57.1 Å². The number of carbonyl (C=O) groups is 1. The van der Waals surface area contributed by atoms with Crippen molar-refractivity contribution in [2.75, 3.05) is 26.2 Å². The van der Waals surface area contributed by atoms with E-state index in [1.165, 1.54) is 0 Å². The standard InChI is InChI=1S/C21H21N5O2S/c1-14(19-23-24-20(28-19)18-7-4-12-29-18)25-8-10-26(11-9-25)21(27)17-13-15-5-2-3-6-16(15)22-17/h2-7,12-14,22H,8-11H2,1H3. The lowest BCUT2D eigenvalue weighted by atomic mass is 10.2. The van der Waals surface area contributed by atoms with Crippen molar-refractivity contribution in [2.24, 2.45) is 0 Å². The van der Waals surface area contributed by atoms with Gasteiger partial charge >= 0.3 is 0 Å². The molecule has 7 nitrogen and oxygen atoms in total. The second kappa shape index (κ2) is 7.46. The number of nitrogens with one attached hydrogen (secondary N) is 1. The number of carbonyl (C=O) groups excluding carboxylic acids is 1. The molecule has 1 aliphatic heterocycles. The van der Waals surface area contributed by atoms with Crippen molar-refractivity contribution in [3.8, 4) is 10.8 Å². The monoisotopic (exact) mass is 407 g/mol. The summed E-state index contributed by atoms with van der Waals surface area (Å²) in [5.41, 5.74) is 1.63. The molecular formula is C21H21N5O2S. The van der Waals surface area contributed by atoms with Crippen molar-refractivity contribution in [3.63, 3.8) is 0 Å². The average molecular weight is 407 g/mol. The molecule has 0 saturated carbocycles. The van der Waals surface area contributed by atoms with Crippen LogP contribution in [0.3, 0.4) is 0 Å². The Hall–Kier alpha value is -2.97. The highest BCUT2D eigenvalue weighted by atomic mass is 32.1. The molecule has 4 aromatic rings. The average Bonchev–Trinajstić information content (AvgIpc) is 3.52. The zero-order valence-corrected chi connectivity index (χ0v) is 16.9. The van der Waals surface area contributed by atoms with Gasteiger partial charge in [0.25, 0.3) is 11.8 Å². The Morgan fingerprint density at radius 3 is 2.72 bits per heavy atom. The molecule has 5 rings (SSSR count). The zero-order valence-electron chi connectivity index (χ0n) is 16.0. The van der Waals surface area contributed by atoms with Crippen LogP contribution in [0, 0.1) is 0 Å². The number of amides is 1. The molecule has 148 valence electrons. The maximum absolute atomic E-state index is 12.9. The lowest BCUT2D eigenvalue weighted by Gasteiger charge is -2.36. The summed E-state index contributed by atoms with van der Waals surface area (Å²) >= 11 is 1.58. The van der Waals surface area contributed by atoms with Gasteiger partial charge in [-0.15, -0.1) is 21.5 Å². The van der Waals surface area contributed by atoms with Gasteiger partial charge in [0.15, 0.2) is 0 Å². The minimum Gasteiger partial charge on any atom is -0.418 e. The van der Waals surface area contributed by atoms with Gasteiger partial charge in [0.05, 0.1) is 10.9 Å². The second-order valence-electron chi connectivity index (χ2n) is 7.20. The van der Waals surface area contributed by atoms with E-state index in [4.69, 9.17) is 4.42 Å². The van der Waals surface area contributed by atoms with Gasteiger partial charge in [-0.05, 0) is 30.5 Å². The van der Waals surface area contributed by atoms with Crippen molar-refractivity contribution >= 4 is 28.1 Å². The molecule has 0 radical (unpaired) electrons. The summed E-state index contributed by atoms with van der Waals surface area (Å²) in [5, 5.41) is 11.5. The fraction of sp³-hybridized carbons (Fsp3) is 0.286. The highest BCUT2D eigenvalue weighted by molar-refractivity contribution is 7.13. The van der Waals surface area contributed by atoms with E-state index in [2.05, 4.69) is 27.0 Å². The van der Waals surface area contributed by atoms with Crippen LogP contribution in [0.1, 0.15) is 29.3 Å². The molecule has 4 heterocycles. The molecule has 1 atom stereocenters. The van der Waals surface area contributed by atoms with Crippen LogP contribution in [0.5, 0.6) is 0 Å². The topological polar surface area (TPSA) is 78.3 Å². The van der Waals surface area contributed by atoms with Crippen LogP contribution in [0.15, 0.2) is 52.3 Å². The predicted octanol–water partition coefficient (Wildman–Crippen LogP) is 3.80. The Balaban J connectivity index is 1.23. The van der Waals surface area contributed by atoms with E-state index >= 15 is 0 Å². The number of hydrogen-bond acceptors (Lipinski definition) is 6. The van der Waals surface area contributed by atoms with Gasteiger partial charge in [0.2, 0.25) is 5.89 Å². The molecule has 29 heavy (non-hydrogen) atoms. The first-order chi connectivity index (χ1) is 14.2. The van der Waals surface area contributed by atoms with Gasteiger partial charge in [-0.25, -0.2) is 0 Å². The van der Waals surface area contributed by atoms with Gasteiger partial charge in [-0.3, -0.25) is 9.69 Å². The number of aromatic amines is 1. The van der Waals surface area contributed by atoms with Crippen molar-refractivity contribution in [2.45, 2.75) is 13.0 Å². The first kappa shape index (κ1) is 18.1. The Morgan fingerprint density at radius 1 is 1.14 bits per heavy atom. The largest absolute Gasteiger partial charge is 0.418 e. The van der Waals surface area contributed by atoms with E-state index in [-0.39, 0.29) is 11.9 Å². The third-order valence-corrected chi connectivity index (χ3v) is 6.30. The van der Waals surface area contributed by atoms with Crippen LogP contribution in [0.25, 0.3) is 21.7 Å². The van der Waals surface area contributed by atoms with E-state index in [1.54, 1.807) is 11.3 Å². The highest BCUT2D eigenvalue weighted by Gasteiger charge is 2.28. The number of hydrogen-bond donors (Lipinski definition) is 1. The highest BCUT2D eigenvalue weighted by Crippen LogP contribution is 2.27. The quantitative estimate of drug-likeness (QED) is 0.557. The number of H-pyrrole nitrogens is 1. The summed E-state index contributed by atoms with van der Waals surface area (Å²) in [5.74, 6) is 1.23. The molecule has 1 unspecified atom stereocenters. The van der Waals surface area contributed by atoms with E-state index in [1.807, 2.05) is 52.7 Å². The Morgan fingerprint density at radius 2 is 1.97 bits per heavy atom. The predicted molar refractivity (Wildman–Crippen MR) is 112 cm³/mol. The molecule has 1 aromatic carbocycles. The van der Waals surface area contributed by atoms with Crippen molar-refractivity contribution < 1.29 is 9.21 Å². The fourth-order valence-electron chi connectivity index (χ4n) is 3.73. The molecule has 1 amide bonds. The van der Waals surface area contributed by atoms with Crippen molar-refractivity contribution in [1.29, 1.82) is 0 Å². The molecule has 0 bridgehead atoms. The fourth-order valence-corrected chi connectivity index (χ4v) is 4.37. The smallest absolute Gasteiger partial charge is 0.270 e. The Labute approximate surface area is 172 Å². The van der Waals surface area contributed by atoms with Gasteiger partial charge < -0.3 is 14.3 Å². The summed E-state index contributed by atoms with van der Waals surface area (Å²) in [6.07, 6.45) is 0. The maximum atomic E-state index is 12.9. The first-order valence-corrected chi connectivity index (χ1v) is 10.6. The SMILES string of the molecule is CC(c1nnc(-c2cccs2)o1)N1CCN(C(=O)c2cc3ccccc3[nH]2)CC1. The van der Waals surface area contributed by atoms with Gasteiger partial charge in [-0.1, -0.05) is 24.3 Å². The third kappa shape index (κ3) is 3.45. The number of aromatic nitrogens is 3. The molecular weight excluding hydrogens is 386 g/mol. The Bertz CT molecular complexity index is 1090. The molecule has 1 fully saturated rings. The van der Waals surface area contributed by atoms with Crippen LogP contribution >= 0.6 is 11.3 Å². The molecule has 1 N–H and O–H groups in total. The lowest BCUT2D eigenvalue weighted by Crippen LogP contribution is -2.49. The molecule has 1 aliphatic rings. The first-order valence-electron chi connectivity index (χ1n) is 9.67. The minimum absolute atomic E-state index is 0.0153. The Kier molecular flexibility index (Phi) is 4.65. The summed E-state index contributed by atoms with van der Waals surface area (Å²) in [7, 11) is 0. The molecule has 3 aromatic heterocycles. The van der Waals surface area contributed by atoms with Gasteiger partial charge in [-0.2, -0.15) is 0 Å². The second-order valence-corrected chi connectivity index (χ2v) is 8.14. The number of nitrogens with zero attached hydrogens (tertiary/aromatic N) is 4. The van der Waals surface area contributed by atoms with E-state index in [0.717, 1.165) is 28.9 Å². The van der Waals surface area contributed by atoms with Crippen LogP contribution < -0.4 is 0 Å². The summed E-state index contributed by atoms with van der Waals surface area (Å²) in [4.78, 5) is 21.3. The molecule has 0 spiro atoms. The summed E-state index contributed by atoms with van der Waals surface area (Å²) in [6.45, 7) is 4.95. The van der Waals surface area contributed by atoms with E-state index in [0.29, 0.717) is 30.6 Å². The van der Waals surface area contributed by atoms with Gasteiger partial charge in [0.1, 0.15) is 5.69 Å². The van der Waals surface area contributed by atoms with E-state index in [9.17, 15) is 4.79 Å². The third-order valence-electron chi connectivity index (χ3n) is 5.44. The number of fused-ring (bicyclic) bond motifs is 1. The van der Waals surface area contributed by atoms with Crippen LogP contribution in [0.2, 0.25) is 0 Å². The van der Waals surface area contributed by atoms with Gasteiger partial charge in [0, 0.05) is 37.1 Å². The summed E-state index contributed by atoms with van der Waals surface area (Å²) in [6, 6.07) is 13.8. The number of para-hydroxylation sites is 1. The van der Waals surface area contributed by atoms with Crippen molar-refractivity contribution in [3.05, 3.63) is 59.4 Å². The number of benzene rings is 1. The number of thiophene rings is 1. The van der Waals surface area contributed by atoms with Crippen molar-refractivity contribution in [1.82, 2.24) is 25.0 Å². The minimum atomic E-state index is 0.0153. The molecule has 1 saturated heterocycles. The molecule has 8 heteroatoms. The number of piperazine rings is 1. The summed E-state index contributed by atoms with van der Waals surface area (Å²) < 4.78 is 5.88. The maximum Gasteiger partial charge on any atom is 0.270 e. The van der Waals surface area contributed by atoms with Crippen LogP contribution in [0.4, 0.5) is 0 Å². The van der Waals surface area contributed by atoms with Crippen LogP contribution in [-0.2, 0) is 0 Å². The lowest BCUT2D eigenvalue weighted by molar-refractivity contribution is 0.0554. The normalized spacial score (nSPS) is 16.4. The number of rotatable bonds is 4. The zero-order chi connectivity index (χ0) is 19.8. The molecule has 0 aliphatic carbocycles.